The van der Waals surface area contributed by atoms with Crippen molar-refractivity contribution in [3.05, 3.63) is 50.8 Å². The number of nitrogens with one attached hydrogen (secondary N) is 2. The maximum atomic E-state index is 13.9. The van der Waals surface area contributed by atoms with Gasteiger partial charge in [-0.1, -0.05) is 6.07 Å². The van der Waals surface area contributed by atoms with Crippen LogP contribution in [0, 0.1) is 0 Å². The summed E-state index contributed by atoms with van der Waals surface area (Å²) >= 11 is 4.64. The fraction of sp³-hybridized carbons (Fsp3) is 0.300. The Labute approximate surface area is 193 Å². The van der Waals surface area contributed by atoms with Crippen molar-refractivity contribution in [2.75, 3.05) is 24.9 Å². The first kappa shape index (κ1) is 22.5. The van der Waals surface area contributed by atoms with Crippen molar-refractivity contribution in [3.8, 4) is 11.5 Å². The molecule has 3 aromatic rings. The second-order valence-corrected chi connectivity index (χ2v) is 8.76. The molecule has 2 N–H and O–H groups in total. The van der Waals surface area contributed by atoms with Gasteiger partial charge in [0.2, 0.25) is 0 Å². The lowest BCUT2D eigenvalue weighted by Crippen LogP contribution is -2.35. The lowest BCUT2D eigenvalue weighted by Gasteiger charge is -2.33. The Kier molecular flexibility index (Phi) is 6.08. The van der Waals surface area contributed by atoms with E-state index in [0.717, 1.165) is 9.56 Å². The Morgan fingerprint density at radius 2 is 2.03 bits per heavy atom. The maximum absolute atomic E-state index is 13.9. The number of nitrogens with zero attached hydrogens (tertiary/aromatic N) is 2. The molecular weight excluding hydrogens is 513 g/mol. The van der Waals surface area contributed by atoms with Crippen LogP contribution < -0.4 is 20.1 Å². The number of hydrogen-bond donors (Lipinski definition) is 2. The normalized spacial score (nSPS) is 17.9. The number of hydrogen-bond acceptors (Lipinski definition) is 6. The third kappa shape index (κ3) is 4.16. The smallest absolute Gasteiger partial charge is 0.410 e. The number of alkyl halides is 3. The van der Waals surface area contributed by atoms with E-state index in [0.29, 0.717) is 17.2 Å². The minimum atomic E-state index is -4.53. The summed E-state index contributed by atoms with van der Waals surface area (Å²) in [5.74, 6) is 0.308. The molecule has 2 atom stereocenters. The molecule has 0 unspecified atom stereocenters. The van der Waals surface area contributed by atoms with Crippen LogP contribution in [0.2, 0.25) is 0 Å². The number of benzene rings is 1. The second kappa shape index (κ2) is 8.66. The Morgan fingerprint density at radius 1 is 1.28 bits per heavy atom. The molecule has 12 heteroatoms. The first-order valence-electron chi connectivity index (χ1n) is 9.41. The van der Waals surface area contributed by atoms with Gasteiger partial charge < -0.3 is 20.1 Å². The van der Waals surface area contributed by atoms with E-state index in [9.17, 15) is 18.0 Å². The highest BCUT2D eigenvalue weighted by Gasteiger charge is 2.48. The summed E-state index contributed by atoms with van der Waals surface area (Å²) in [6.07, 6.45) is -4.77. The number of aromatic nitrogens is 2. The number of carbonyl (C=O) groups excluding carboxylic acids is 1. The monoisotopic (exact) mass is 530 g/mol. The summed E-state index contributed by atoms with van der Waals surface area (Å²) in [6.45, 7) is 0. The summed E-state index contributed by atoms with van der Waals surface area (Å²) in [7, 11) is 2.94. The molecule has 0 radical (unpaired) electrons. The molecule has 2 aromatic heterocycles. The maximum Gasteiger partial charge on any atom is 0.410 e. The van der Waals surface area contributed by atoms with Crippen LogP contribution in [0.4, 0.5) is 24.7 Å². The van der Waals surface area contributed by atoms with Gasteiger partial charge in [0.15, 0.2) is 23.2 Å². The first-order chi connectivity index (χ1) is 15.2. The van der Waals surface area contributed by atoms with Crippen molar-refractivity contribution in [2.24, 2.45) is 0 Å². The highest BCUT2D eigenvalue weighted by molar-refractivity contribution is 9.10. The van der Waals surface area contributed by atoms with Gasteiger partial charge in [-0.25, -0.2) is 4.68 Å². The quantitative estimate of drug-likeness (QED) is 0.446. The van der Waals surface area contributed by atoms with Gasteiger partial charge in [-0.05, 0) is 39.5 Å². The van der Waals surface area contributed by atoms with Gasteiger partial charge >= 0.3 is 6.18 Å². The molecule has 170 valence electrons. The minimum Gasteiger partial charge on any atom is -0.493 e. The van der Waals surface area contributed by atoms with Crippen LogP contribution in [-0.4, -0.2) is 36.1 Å². The van der Waals surface area contributed by atoms with Crippen LogP contribution in [0.1, 0.15) is 33.9 Å². The molecule has 0 bridgehead atoms. The number of carbonyl (C=O) groups is 1. The van der Waals surface area contributed by atoms with Gasteiger partial charge in [0, 0.05) is 23.1 Å². The molecule has 1 aliphatic heterocycles. The minimum absolute atomic E-state index is 0.106. The zero-order valence-electron chi connectivity index (χ0n) is 16.9. The standard InChI is InChI=1S/C20H18BrF3N4O3S/c1-30-12-6-5-10(8-13(12)31-2)25-19(29)17-16(21)18-26-11(14-4-3-7-32-14)9-15(20(22,23)24)28(18)27-17/h3-8,11,15,26H,9H2,1-2H3,(H,25,29)/t11-,15+/m0/s1. The van der Waals surface area contributed by atoms with Crippen molar-refractivity contribution >= 4 is 44.7 Å². The summed E-state index contributed by atoms with van der Waals surface area (Å²) in [4.78, 5) is 13.7. The van der Waals surface area contributed by atoms with E-state index < -0.39 is 24.2 Å². The van der Waals surface area contributed by atoms with Crippen LogP contribution in [-0.2, 0) is 0 Å². The van der Waals surface area contributed by atoms with Crippen LogP contribution in [0.5, 0.6) is 11.5 Å². The zero-order valence-corrected chi connectivity index (χ0v) is 19.3. The van der Waals surface area contributed by atoms with E-state index in [1.807, 2.05) is 5.38 Å². The number of halogens is 4. The Bertz CT molecular complexity index is 1130. The summed E-state index contributed by atoms with van der Waals surface area (Å²) in [5, 5.41) is 11.5. The average molecular weight is 531 g/mol. The van der Waals surface area contributed by atoms with Crippen LogP contribution in [0.15, 0.2) is 40.2 Å². The lowest BCUT2D eigenvalue weighted by atomic mass is 10.0. The van der Waals surface area contributed by atoms with Gasteiger partial charge in [0.25, 0.3) is 5.91 Å². The molecule has 3 heterocycles. The number of methoxy groups -OCH3 is 2. The molecule has 1 amide bonds. The highest BCUT2D eigenvalue weighted by atomic mass is 79.9. The molecule has 32 heavy (non-hydrogen) atoms. The Balaban J connectivity index is 1.67. The molecule has 1 aromatic carbocycles. The van der Waals surface area contributed by atoms with Crippen molar-refractivity contribution in [1.82, 2.24) is 9.78 Å². The number of fused-ring (bicyclic) bond motifs is 1. The lowest BCUT2D eigenvalue weighted by molar-refractivity contribution is -0.173. The molecule has 0 saturated heterocycles. The van der Waals surface area contributed by atoms with E-state index >= 15 is 0 Å². The third-order valence-electron chi connectivity index (χ3n) is 5.04. The van der Waals surface area contributed by atoms with Gasteiger partial charge in [0.05, 0.1) is 24.7 Å². The third-order valence-corrected chi connectivity index (χ3v) is 6.78. The molecule has 0 aliphatic carbocycles. The summed E-state index contributed by atoms with van der Waals surface area (Å²) in [6, 6.07) is 5.88. The predicted molar refractivity (Wildman–Crippen MR) is 118 cm³/mol. The van der Waals surface area contributed by atoms with E-state index in [2.05, 4.69) is 31.7 Å². The molecule has 0 fully saturated rings. The van der Waals surface area contributed by atoms with Gasteiger partial charge in [-0.15, -0.1) is 11.3 Å². The molecule has 7 nitrogen and oxygen atoms in total. The largest absolute Gasteiger partial charge is 0.493 e. The van der Waals surface area contributed by atoms with Gasteiger partial charge in [-0.3, -0.25) is 4.79 Å². The van der Waals surface area contributed by atoms with Gasteiger partial charge in [0.1, 0.15) is 5.82 Å². The SMILES string of the molecule is COc1ccc(NC(=O)c2nn3c(c2Br)N[C@H](c2cccs2)C[C@@H]3C(F)(F)F)cc1OC. The van der Waals surface area contributed by atoms with E-state index in [4.69, 9.17) is 9.47 Å². The Morgan fingerprint density at radius 3 is 2.66 bits per heavy atom. The highest BCUT2D eigenvalue weighted by Crippen LogP contribution is 2.47. The molecule has 0 saturated carbocycles. The van der Waals surface area contributed by atoms with E-state index in [1.165, 1.54) is 25.6 Å². The average Bonchev–Trinajstić information content (AvgIpc) is 3.41. The number of rotatable bonds is 5. The number of thiophene rings is 1. The fourth-order valence-electron chi connectivity index (χ4n) is 3.51. The van der Waals surface area contributed by atoms with Crippen LogP contribution >= 0.6 is 27.3 Å². The second-order valence-electron chi connectivity index (χ2n) is 6.99. The molecule has 0 spiro atoms. The van der Waals surface area contributed by atoms with Crippen molar-refractivity contribution in [2.45, 2.75) is 24.7 Å². The van der Waals surface area contributed by atoms with Gasteiger partial charge in [-0.2, -0.15) is 18.3 Å². The van der Waals surface area contributed by atoms with Crippen LogP contribution in [0.25, 0.3) is 0 Å². The molecular formula is C20H18BrF3N4O3S. The molecule has 4 rings (SSSR count). The number of anilines is 2. The topological polar surface area (TPSA) is 77.4 Å². The van der Waals surface area contributed by atoms with E-state index in [-0.39, 0.29) is 22.4 Å². The predicted octanol–water partition coefficient (Wildman–Crippen LogP) is 5.64. The fourth-order valence-corrected chi connectivity index (χ4v) is 4.86. The van der Waals surface area contributed by atoms with Crippen molar-refractivity contribution in [1.29, 1.82) is 0 Å². The first-order valence-corrected chi connectivity index (χ1v) is 11.1. The van der Waals surface area contributed by atoms with Crippen molar-refractivity contribution < 1.29 is 27.4 Å². The number of amides is 1. The number of ether oxygens (including phenoxy) is 2. The van der Waals surface area contributed by atoms with Crippen molar-refractivity contribution in [3.63, 3.8) is 0 Å². The molecule has 1 aliphatic rings. The van der Waals surface area contributed by atoms with Crippen LogP contribution in [0.3, 0.4) is 0 Å². The Hall–Kier alpha value is -2.73. The summed E-state index contributed by atoms with van der Waals surface area (Å²) < 4.78 is 52.9. The van der Waals surface area contributed by atoms with E-state index in [1.54, 1.807) is 30.3 Å². The summed E-state index contributed by atoms with van der Waals surface area (Å²) in [5.41, 5.74) is 0.214. The zero-order chi connectivity index (χ0) is 23.0.